The second-order valence-corrected chi connectivity index (χ2v) is 8.85. The zero-order valence-corrected chi connectivity index (χ0v) is 17.8. The first-order valence-corrected chi connectivity index (χ1v) is 11.3. The van der Waals surface area contributed by atoms with Gasteiger partial charge in [0.05, 0.1) is 27.6 Å². The number of benzene rings is 5. The van der Waals surface area contributed by atoms with Gasteiger partial charge in [0.1, 0.15) is 0 Å². The highest BCUT2D eigenvalue weighted by molar-refractivity contribution is 6.32. The van der Waals surface area contributed by atoms with Crippen LogP contribution >= 0.6 is 0 Å². The molecule has 0 unspecified atom stereocenters. The lowest BCUT2D eigenvalue weighted by Crippen LogP contribution is -2.07. The highest BCUT2D eigenvalue weighted by Gasteiger charge is 2.22. The lowest BCUT2D eigenvalue weighted by atomic mass is 10.00. The Labute approximate surface area is 189 Å². The molecule has 2 N–H and O–H groups in total. The Hall–Kier alpha value is -4.50. The van der Waals surface area contributed by atoms with Crippen molar-refractivity contribution in [1.82, 2.24) is 9.08 Å². The van der Waals surface area contributed by atoms with Gasteiger partial charge >= 0.3 is 0 Å². The Kier molecular flexibility index (Phi) is 3.03. The summed E-state index contributed by atoms with van der Waals surface area (Å²) < 4.78 is 4.33. The maximum Gasteiger partial charge on any atom is 0.0803 e. The summed E-state index contributed by atoms with van der Waals surface area (Å²) in [5, 5.41) is 7.48. The van der Waals surface area contributed by atoms with E-state index in [-0.39, 0.29) is 0 Å². The third kappa shape index (κ3) is 1.96. The Balaban J connectivity index is 1.79. The van der Waals surface area contributed by atoms with Gasteiger partial charge in [0.15, 0.2) is 0 Å². The van der Waals surface area contributed by atoms with E-state index in [0.29, 0.717) is 0 Å². The third-order valence-corrected chi connectivity index (χ3v) is 7.26. The molecule has 0 saturated carbocycles. The second-order valence-electron chi connectivity index (χ2n) is 8.85. The number of nitrogens with zero attached hydrogens (tertiary/aromatic N) is 2. The summed E-state index contributed by atoms with van der Waals surface area (Å²) in [5.74, 6) is 6.84. The van der Waals surface area contributed by atoms with Gasteiger partial charge in [-0.2, -0.15) is 0 Å². The van der Waals surface area contributed by atoms with Crippen LogP contribution in [0, 0.1) is 0 Å². The molecule has 0 aliphatic carbocycles. The van der Waals surface area contributed by atoms with Crippen LogP contribution in [0.4, 0.5) is 0 Å². The van der Waals surface area contributed by atoms with Gasteiger partial charge in [-0.3, -0.25) is 4.68 Å². The summed E-state index contributed by atoms with van der Waals surface area (Å²) in [4.78, 5) is 0. The highest BCUT2D eigenvalue weighted by Crippen LogP contribution is 2.44. The first-order valence-electron chi connectivity index (χ1n) is 11.3. The smallest absolute Gasteiger partial charge is 0.0803 e. The number of fused-ring (bicyclic) bond motifs is 5. The van der Waals surface area contributed by atoms with E-state index in [1.165, 1.54) is 54.4 Å². The van der Waals surface area contributed by atoms with Gasteiger partial charge in [0.25, 0.3) is 0 Å². The van der Waals surface area contributed by atoms with Gasteiger partial charge < -0.3 is 10.2 Å². The molecule has 3 nitrogen and oxygen atoms in total. The van der Waals surface area contributed by atoms with Crippen LogP contribution in [-0.2, 0) is 0 Å². The summed E-state index contributed by atoms with van der Waals surface area (Å²) in [6.45, 7) is 0. The van der Waals surface area contributed by atoms with Gasteiger partial charge in [-0.15, -0.1) is 0 Å². The van der Waals surface area contributed by atoms with Crippen molar-refractivity contribution in [2.24, 2.45) is 0 Å². The van der Waals surface area contributed by atoms with Crippen molar-refractivity contribution in [3.8, 4) is 11.1 Å². The van der Waals surface area contributed by atoms with Crippen LogP contribution in [0.3, 0.4) is 0 Å². The summed E-state index contributed by atoms with van der Waals surface area (Å²) in [5.41, 5.74) is 8.11. The molecule has 8 aromatic rings. The normalized spacial score (nSPS) is 12.4. The van der Waals surface area contributed by atoms with Gasteiger partial charge in [0.2, 0.25) is 0 Å². The van der Waals surface area contributed by atoms with Crippen molar-refractivity contribution < 1.29 is 0 Å². The molecule has 0 bridgehead atoms. The molecule has 0 radical (unpaired) electrons. The van der Waals surface area contributed by atoms with Crippen molar-refractivity contribution in [2.45, 2.75) is 0 Å². The van der Waals surface area contributed by atoms with Crippen LogP contribution in [0.1, 0.15) is 0 Å². The lowest BCUT2D eigenvalue weighted by molar-refractivity contribution is 1.12. The standard InChI is InChI=1S/C30H19N3/c31-33-26-15-7-11-21-23-13-6-12-22-20-10-4-5-14-24(20)32(29(22)23)25-17-16-19(18-8-2-1-3-9-18)30(33)28(25)27(21)26/h1-17H,31H2. The summed E-state index contributed by atoms with van der Waals surface area (Å²) >= 11 is 0. The molecule has 0 saturated heterocycles. The molecular weight excluding hydrogens is 402 g/mol. The van der Waals surface area contributed by atoms with Crippen molar-refractivity contribution in [1.29, 1.82) is 0 Å². The molecule has 0 aliphatic rings. The Morgan fingerprint density at radius 1 is 0.455 bits per heavy atom. The molecule has 0 aliphatic heterocycles. The molecule has 3 heteroatoms. The number of nitrogens with two attached hydrogens (primary N) is 1. The molecule has 8 rings (SSSR count). The highest BCUT2D eigenvalue weighted by atomic mass is 15.3. The van der Waals surface area contributed by atoms with Gasteiger partial charge in [-0.05, 0) is 29.1 Å². The van der Waals surface area contributed by atoms with E-state index in [2.05, 4.69) is 108 Å². The van der Waals surface area contributed by atoms with Crippen molar-refractivity contribution in [3.63, 3.8) is 0 Å². The fourth-order valence-electron chi connectivity index (χ4n) is 5.95. The van der Waals surface area contributed by atoms with E-state index in [1.807, 2.05) is 4.68 Å². The van der Waals surface area contributed by atoms with Crippen LogP contribution in [-0.4, -0.2) is 9.08 Å². The fourth-order valence-corrected chi connectivity index (χ4v) is 5.95. The fraction of sp³-hybridized carbons (Fsp3) is 0. The first kappa shape index (κ1) is 17.1. The third-order valence-electron chi connectivity index (χ3n) is 7.26. The van der Waals surface area contributed by atoms with Gasteiger partial charge in [-0.1, -0.05) is 84.9 Å². The molecule has 3 aromatic heterocycles. The molecule has 33 heavy (non-hydrogen) atoms. The Morgan fingerprint density at radius 3 is 2.00 bits per heavy atom. The van der Waals surface area contributed by atoms with E-state index in [0.717, 1.165) is 16.6 Å². The first-order chi connectivity index (χ1) is 16.3. The van der Waals surface area contributed by atoms with Crippen molar-refractivity contribution >= 4 is 59.9 Å². The summed E-state index contributed by atoms with van der Waals surface area (Å²) in [6, 6.07) is 36.9. The second kappa shape index (κ2) is 5.84. The minimum absolute atomic E-state index is 1.05. The Bertz CT molecular complexity index is 2020. The van der Waals surface area contributed by atoms with Gasteiger partial charge in [0, 0.05) is 32.5 Å². The maximum absolute atomic E-state index is 6.84. The Morgan fingerprint density at radius 2 is 1.12 bits per heavy atom. The van der Waals surface area contributed by atoms with Crippen LogP contribution in [0.25, 0.3) is 71.0 Å². The number of nitrogen functional groups attached to an aromatic ring is 1. The predicted molar refractivity (Wildman–Crippen MR) is 140 cm³/mol. The zero-order valence-electron chi connectivity index (χ0n) is 17.8. The van der Waals surface area contributed by atoms with Crippen LogP contribution in [0.2, 0.25) is 0 Å². The number of hydrogen-bond acceptors (Lipinski definition) is 1. The molecule has 0 amide bonds. The minimum Gasteiger partial charge on any atom is -0.339 e. The summed E-state index contributed by atoms with van der Waals surface area (Å²) in [7, 11) is 0. The molecule has 3 heterocycles. The topological polar surface area (TPSA) is 35.4 Å². The molecule has 0 spiro atoms. The average Bonchev–Trinajstić information content (AvgIpc) is 3.32. The quantitative estimate of drug-likeness (QED) is 0.277. The zero-order chi connectivity index (χ0) is 21.7. The van der Waals surface area contributed by atoms with Crippen LogP contribution in [0.5, 0.6) is 0 Å². The van der Waals surface area contributed by atoms with Gasteiger partial charge in [-0.25, -0.2) is 0 Å². The van der Waals surface area contributed by atoms with Crippen LogP contribution < -0.4 is 5.84 Å². The lowest BCUT2D eigenvalue weighted by Gasteiger charge is -2.09. The molecule has 0 fully saturated rings. The molecule has 0 atom stereocenters. The SMILES string of the molecule is Nn1c2cccc3c4cccc5c6ccccc6n(c6ccc(-c7ccccc7)c1c6c32)c45. The maximum atomic E-state index is 6.84. The van der Waals surface area contributed by atoms with E-state index in [1.54, 1.807) is 0 Å². The van der Waals surface area contributed by atoms with Crippen molar-refractivity contribution in [3.05, 3.63) is 103 Å². The van der Waals surface area contributed by atoms with Crippen molar-refractivity contribution in [2.75, 3.05) is 5.84 Å². The largest absolute Gasteiger partial charge is 0.339 e. The van der Waals surface area contributed by atoms with E-state index in [9.17, 15) is 0 Å². The van der Waals surface area contributed by atoms with E-state index < -0.39 is 0 Å². The summed E-state index contributed by atoms with van der Waals surface area (Å²) in [6.07, 6.45) is 0. The molecular formula is C30H19N3. The number of hydrogen-bond donors (Lipinski definition) is 1. The average molecular weight is 422 g/mol. The van der Waals surface area contributed by atoms with Crippen LogP contribution in [0.15, 0.2) is 103 Å². The van der Waals surface area contributed by atoms with E-state index >= 15 is 0 Å². The number of rotatable bonds is 1. The van der Waals surface area contributed by atoms with E-state index in [4.69, 9.17) is 5.84 Å². The minimum atomic E-state index is 1.05. The predicted octanol–water partition coefficient (Wildman–Crippen LogP) is 7.33. The molecule has 5 aromatic carbocycles. The monoisotopic (exact) mass is 421 g/mol. The molecule has 154 valence electrons. The number of aromatic nitrogens is 2. The number of para-hydroxylation sites is 2.